The number of aliphatic hydroxyl groups excluding tert-OH is 1. The molecule has 5 rings (SSSR count). The van der Waals surface area contributed by atoms with Crippen molar-refractivity contribution >= 4 is 23.3 Å². The number of carboxylic acid groups (broad SMARTS) is 1. The monoisotopic (exact) mass is 555 g/mol. The number of carboxylic acids is 1. The van der Waals surface area contributed by atoms with Crippen LogP contribution in [0.2, 0.25) is 5.02 Å². The molecule has 1 unspecified atom stereocenters. The fourth-order valence-corrected chi connectivity index (χ4v) is 5.52. The Morgan fingerprint density at radius 1 is 1.05 bits per heavy atom. The molecule has 202 valence electrons. The summed E-state index contributed by atoms with van der Waals surface area (Å²) in [4.78, 5) is 11.4. The Hall–Kier alpha value is -4.22. The molecule has 6 nitrogen and oxygen atoms in total. The number of nitriles is 1. The summed E-state index contributed by atoms with van der Waals surface area (Å²) in [5.74, 6) is -1.41. The predicted molar refractivity (Wildman–Crippen MR) is 153 cm³/mol. The van der Waals surface area contributed by atoms with Crippen LogP contribution in [-0.2, 0) is 17.8 Å². The minimum absolute atomic E-state index is 0.0488. The Morgan fingerprint density at radius 2 is 1.82 bits per heavy atom. The normalized spacial score (nSPS) is 14.8. The quantitative estimate of drug-likeness (QED) is 0.193. The van der Waals surface area contributed by atoms with Crippen LogP contribution in [0.25, 0.3) is 22.3 Å². The van der Waals surface area contributed by atoms with Crippen LogP contribution in [0.1, 0.15) is 34.7 Å². The number of nitrogens with zero attached hydrogens (tertiary/aromatic N) is 1. The highest BCUT2D eigenvalue weighted by Gasteiger charge is 2.27. The van der Waals surface area contributed by atoms with Gasteiger partial charge < -0.3 is 15.5 Å². The van der Waals surface area contributed by atoms with Crippen LogP contribution >= 0.6 is 11.6 Å². The number of hydrogen-bond donors (Lipinski definition) is 4. The van der Waals surface area contributed by atoms with E-state index in [1.54, 1.807) is 36.4 Å². The molecule has 0 radical (unpaired) electrons. The molecule has 0 aromatic heterocycles. The summed E-state index contributed by atoms with van der Waals surface area (Å²) in [5, 5.41) is 35.1. The molecule has 0 amide bonds. The summed E-state index contributed by atoms with van der Waals surface area (Å²) in [7, 11) is 0. The molecule has 4 aromatic carbocycles. The van der Waals surface area contributed by atoms with E-state index in [1.165, 1.54) is 6.07 Å². The van der Waals surface area contributed by atoms with Crippen molar-refractivity contribution in [3.63, 3.8) is 0 Å². The molecule has 4 N–H and O–H groups in total. The number of aliphatic hydroxyl groups is 1. The average molecular weight is 556 g/mol. The molecule has 1 aliphatic carbocycles. The van der Waals surface area contributed by atoms with Gasteiger partial charge in [0.15, 0.2) is 0 Å². The zero-order chi connectivity index (χ0) is 28.2. The molecule has 1 aliphatic rings. The van der Waals surface area contributed by atoms with E-state index in [9.17, 15) is 24.7 Å². The van der Waals surface area contributed by atoms with Gasteiger partial charge in [-0.3, -0.25) is 10.1 Å². The Bertz CT molecular complexity index is 1620. The number of benzene rings is 4. The second-order valence-corrected chi connectivity index (χ2v) is 10.1. The molecule has 40 heavy (non-hydrogen) atoms. The molecular formula is C32H27ClFN3O3. The number of nitrogens with one attached hydrogen (secondary N) is 2. The first-order chi connectivity index (χ1) is 19.4. The van der Waals surface area contributed by atoms with E-state index < -0.39 is 18.6 Å². The standard InChI is InChI=1S/C32H27ClFN3O3/c33-27-14-21(17-36-31(18-38)32(39)40)26(20-6-3-5-19(13-20)16-35)15-30(27)37-29-12-11-23-22(8-4-9-25(23)29)24-7-1-2-10-28(24)34/h1-10,13-15,29,31,36-38H,11-12,17-18H2,(H,39,40)/t29-,31?/m0/s1. The van der Waals surface area contributed by atoms with Crippen LogP contribution in [-0.4, -0.2) is 28.8 Å². The second kappa shape index (κ2) is 11.9. The van der Waals surface area contributed by atoms with Gasteiger partial charge in [0.2, 0.25) is 0 Å². The highest BCUT2D eigenvalue weighted by molar-refractivity contribution is 6.33. The molecule has 8 heteroatoms. The Morgan fingerprint density at radius 3 is 2.58 bits per heavy atom. The topological polar surface area (TPSA) is 105 Å². The van der Waals surface area contributed by atoms with Gasteiger partial charge in [0.05, 0.1) is 35.0 Å². The van der Waals surface area contributed by atoms with Crippen LogP contribution in [0.3, 0.4) is 0 Å². The zero-order valence-corrected chi connectivity index (χ0v) is 22.3. The van der Waals surface area contributed by atoms with Gasteiger partial charge >= 0.3 is 5.97 Å². The van der Waals surface area contributed by atoms with Crippen molar-refractivity contribution in [1.29, 1.82) is 5.26 Å². The SMILES string of the molecule is N#Cc1cccc(-c2cc(N[C@H]3CCc4c(-c5ccccc5F)cccc43)c(Cl)cc2CNC(CO)C(=O)O)c1. The Labute approximate surface area is 236 Å². The summed E-state index contributed by atoms with van der Waals surface area (Å²) in [6.45, 7) is -0.417. The van der Waals surface area contributed by atoms with Crippen LogP contribution in [0.5, 0.6) is 0 Å². The number of aliphatic carboxylic acids is 1. The van der Waals surface area contributed by atoms with Crippen LogP contribution < -0.4 is 10.6 Å². The summed E-state index contributed by atoms with van der Waals surface area (Å²) in [6.07, 6.45) is 1.59. The Balaban J connectivity index is 1.50. The molecule has 4 aromatic rings. The molecule has 0 heterocycles. The third-order valence-corrected chi connectivity index (χ3v) is 7.59. The van der Waals surface area contributed by atoms with Crippen molar-refractivity contribution in [1.82, 2.24) is 5.32 Å². The number of hydrogen-bond acceptors (Lipinski definition) is 5. The van der Waals surface area contributed by atoms with E-state index in [0.29, 0.717) is 21.8 Å². The van der Waals surface area contributed by atoms with Crippen molar-refractivity contribution in [2.75, 3.05) is 11.9 Å². The van der Waals surface area contributed by atoms with Gasteiger partial charge in [-0.05, 0) is 76.6 Å². The minimum atomic E-state index is -1.16. The van der Waals surface area contributed by atoms with Crippen molar-refractivity contribution in [2.45, 2.75) is 31.5 Å². The van der Waals surface area contributed by atoms with E-state index in [4.69, 9.17) is 11.6 Å². The zero-order valence-electron chi connectivity index (χ0n) is 21.5. The van der Waals surface area contributed by atoms with Crippen molar-refractivity contribution < 1.29 is 19.4 Å². The molecule has 2 atom stereocenters. The maximum absolute atomic E-state index is 14.6. The van der Waals surface area contributed by atoms with Crippen LogP contribution in [0, 0.1) is 17.1 Å². The first-order valence-electron chi connectivity index (χ1n) is 12.9. The maximum Gasteiger partial charge on any atom is 0.323 e. The number of anilines is 1. The minimum Gasteiger partial charge on any atom is -0.480 e. The molecule has 0 spiro atoms. The van der Waals surface area contributed by atoms with Crippen molar-refractivity contribution in [3.05, 3.63) is 112 Å². The molecular weight excluding hydrogens is 529 g/mol. The third kappa shape index (κ3) is 5.56. The number of rotatable bonds is 9. The van der Waals surface area contributed by atoms with Crippen LogP contribution in [0.4, 0.5) is 10.1 Å². The summed E-state index contributed by atoms with van der Waals surface area (Å²) >= 11 is 6.75. The lowest BCUT2D eigenvalue weighted by atomic mass is 9.95. The maximum atomic E-state index is 14.6. The lowest BCUT2D eigenvalue weighted by molar-refractivity contribution is -0.140. The smallest absolute Gasteiger partial charge is 0.323 e. The fourth-order valence-electron chi connectivity index (χ4n) is 5.28. The van der Waals surface area contributed by atoms with Gasteiger partial charge in [-0.25, -0.2) is 4.39 Å². The molecule has 0 fully saturated rings. The van der Waals surface area contributed by atoms with Crippen molar-refractivity contribution in [2.24, 2.45) is 0 Å². The summed E-state index contributed by atoms with van der Waals surface area (Å²) in [6, 6.07) is 24.5. The fraction of sp³-hybridized carbons (Fsp3) is 0.188. The van der Waals surface area contributed by atoms with E-state index in [0.717, 1.165) is 46.2 Å². The van der Waals surface area contributed by atoms with Gasteiger partial charge in [0.1, 0.15) is 11.9 Å². The summed E-state index contributed by atoms with van der Waals surface area (Å²) < 4.78 is 14.6. The molecule has 0 saturated carbocycles. The predicted octanol–water partition coefficient (Wildman–Crippen LogP) is 6.32. The highest BCUT2D eigenvalue weighted by Crippen LogP contribution is 2.42. The third-order valence-electron chi connectivity index (χ3n) is 7.28. The Kier molecular flexibility index (Phi) is 8.13. The lowest BCUT2D eigenvalue weighted by Gasteiger charge is -2.21. The number of fused-ring (bicyclic) bond motifs is 1. The van der Waals surface area contributed by atoms with E-state index in [-0.39, 0.29) is 18.4 Å². The number of halogens is 2. The van der Waals surface area contributed by atoms with E-state index in [1.807, 2.05) is 30.3 Å². The van der Waals surface area contributed by atoms with Crippen LogP contribution in [0.15, 0.2) is 78.9 Å². The van der Waals surface area contributed by atoms with Gasteiger partial charge in [-0.2, -0.15) is 5.26 Å². The van der Waals surface area contributed by atoms with Gasteiger partial charge in [0, 0.05) is 12.1 Å². The average Bonchev–Trinajstić information content (AvgIpc) is 3.37. The van der Waals surface area contributed by atoms with Gasteiger partial charge in [0.25, 0.3) is 0 Å². The van der Waals surface area contributed by atoms with Gasteiger partial charge in [-0.1, -0.05) is 60.1 Å². The first-order valence-corrected chi connectivity index (χ1v) is 13.3. The van der Waals surface area contributed by atoms with E-state index >= 15 is 0 Å². The second-order valence-electron chi connectivity index (χ2n) is 9.72. The lowest BCUT2D eigenvalue weighted by Crippen LogP contribution is -2.39. The van der Waals surface area contributed by atoms with Crippen molar-refractivity contribution in [3.8, 4) is 28.3 Å². The van der Waals surface area contributed by atoms with E-state index in [2.05, 4.69) is 22.8 Å². The molecule has 0 saturated heterocycles. The van der Waals surface area contributed by atoms with Gasteiger partial charge in [-0.15, -0.1) is 0 Å². The highest BCUT2D eigenvalue weighted by atomic mass is 35.5. The molecule has 0 bridgehead atoms. The number of carbonyl (C=O) groups is 1. The molecule has 0 aliphatic heterocycles. The first kappa shape index (κ1) is 27.4. The largest absolute Gasteiger partial charge is 0.480 e. The summed E-state index contributed by atoms with van der Waals surface area (Å²) in [5.41, 5.74) is 7.11.